The molecular formula is C18H15N3O4S. The van der Waals surface area contributed by atoms with E-state index < -0.39 is 10.0 Å². The third-order valence-electron chi connectivity index (χ3n) is 4.12. The highest BCUT2D eigenvalue weighted by atomic mass is 32.2. The first-order valence-corrected chi connectivity index (χ1v) is 9.42. The number of rotatable bonds is 3. The Labute approximate surface area is 150 Å². The SMILES string of the molecule is CCN1C(c2nnc(-c3ccccc3)o2)=C(O)c2ccccc2S1(=O)=O. The molecule has 26 heavy (non-hydrogen) atoms. The van der Waals surface area contributed by atoms with E-state index in [1.54, 1.807) is 37.3 Å². The van der Waals surface area contributed by atoms with Crippen molar-refractivity contribution in [3.05, 3.63) is 66.1 Å². The normalized spacial score (nSPS) is 15.8. The van der Waals surface area contributed by atoms with Gasteiger partial charge in [-0.15, -0.1) is 10.2 Å². The lowest BCUT2D eigenvalue weighted by atomic mass is 10.1. The second-order valence-corrected chi connectivity index (χ2v) is 7.47. The monoisotopic (exact) mass is 369 g/mol. The fraction of sp³-hybridized carbons (Fsp3) is 0.111. The van der Waals surface area contributed by atoms with Gasteiger partial charge < -0.3 is 9.52 Å². The van der Waals surface area contributed by atoms with Crippen LogP contribution in [-0.2, 0) is 10.0 Å². The minimum absolute atomic E-state index is 0.0131. The van der Waals surface area contributed by atoms with Gasteiger partial charge >= 0.3 is 0 Å². The summed E-state index contributed by atoms with van der Waals surface area (Å²) in [5, 5.41) is 18.7. The van der Waals surface area contributed by atoms with Gasteiger partial charge in [-0.2, -0.15) is 0 Å². The van der Waals surface area contributed by atoms with E-state index in [2.05, 4.69) is 10.2 Å². The molecule has 0 saturated heterocycles. The quantitative estimate of drug-likeness (QED) is 0.762. The zero-order chi connectivity index (χ0) is 18.3. The molecule has 3 aromatic rings. The molecule has 0 bridgehead atoms. The highest BCUT2D eigenvalue weighted by Gasteiger charge is 2.39. The van der Waals surface area contributed by atoms with Gasteiger partial charge in [-0.05, 0) is 31.2 Å². The third-order valence-corrected chi connectivity index (χ3v) is 6.05. The van der Waals surface area contributed by atoms with Gasteiger partial charge in [0.2, 0.25) is 5.89 Å². The predicted molar refractivity (Wildman–Crippen MR) is 95.2 cm³/mol. The van der Waals surface area contributed by atoms with E-state index in [9.17, 15) is 13.5 Å². The minimum Gasteiger partial charge on any atom is -0.505 e. The van der Waals surface area contributed by atoms with Crippen LogP contribution in [0.25, 0.3) is 22.9 Å². The molecule has 8 heteroatoms. The maximum atomic E-state index is 12.9. The van der Waals surface area contributed by atoms with E-state index in [0.717, 1.165) is 4.31 Å². The number of benzene rings is 2. The summed E-state index contributed by atoms with van der Waals surface area (Å²) in [5.74, 6) is -0.0185. The third kappa shape index (κ3) is 2.38. The number of hydrogen-bond donors (Lipinski definition) is 1. The van der Waals surface area contributed by atoms with Crippen molar-refractivity contribution in [3.8, 4) is 11.5 Å². The maximum absolute atomic E-state index is 12.9. The lowest BCUT2D eigenvalue weighted by molar-refractivity contribution is 0.458. The molecule has 1 aliphatic heterocycles. The molecule has 0 spiro atoms. The molecule has 0 fully saturated rings. The highest BCUT2D eigenvalue weighted by molar-refractivity contribution is 7.89. The van der Waals surface area contributed by atoms with Gasteiger partial charge in [0.05, 0.1) is 4.90 Å². The molecule has 7 nitrogen and oxygen atoms in total. The first kappa shape index (κ1) is 16.3. The molecule has 0 radical (unpaired) electrons. The van der Waals surface area contributed by atoms with E-state index in [1.165, 1.54) is 6.07 Å². The summed E-state index contributed by atoms with van der Waals surface area (Å²) in [6.45, 7) is 1.78. The fourth-order valence-corrected chi connectivity index (χ4v) is 4.60. The van der Waals surface area contributed by atoms with Crippen LogP contribution in [0, 0.1) is 0 Å². The summed E-state index contributed by atoms with van der Waals surface area (Å²) < 4.78 is 32.6. The van der Waals surface area contributed by atoms with Crippen LogP contribution in [0.4, 0.5) is 0 Å². The lowest BCUT2D eigenvalue weighted by Crippen LogP contribution is -2.34. The van der Waals surface area contributed by atoms with Crippen LogP contribution < -0.4 is 0 Å². The van der Waals surface area contributed by atoms with Crippen molar-refractivity contribution < 1.29 is 17.9 Å². The number of aliphatic hydroxyl groups excluding tert-OH is 1. The molecule has 2 heterocycles. The molecule has 4 rings (SSSR count). The van der Waals surface area contributed by atoms with Crippen molar-refractivity contribution in [1.29, 1.82) is 0 Å². The van der Waals surface area contributed by atoms with Crippen LogP contribution in [0.2, 0.25) is 0 Å². The molecule has 1 aliphatic rings. The average molecular weight is 369 g/mol. The Bertz CT molecular complexity index is 1100. The molecule has 1 aromatic heterocycles. The van der Waals surface area contributed by atoms with Crippen LogP contribution in [0.3, 0.4) is 0 Å². The summed E-state index contributed by atoms with van der Waals surface area (Å²) in [5.41, 5.74) is 0.904. The summed E-state index contributed by atoms with van der Waals surface area (Å²) in [6.07, 6.45) is 0. The first-order valence-electron chi connectivity index (χ1n) is 7.98. The van der Waals surface area contributed by atoms with Crippen molar-refractivity contribution >= 4 is 21.5 Å². The van der Waals surface area contributed by atoms with Crippen molar-refractivity contribution in [3.63, 3.8) is 0 Å². The first-order chi connectivity index (χ1) is 12.5. The Morgan fingerprint density at radius 3 is 2.38 bits per heavy atom. The molecule has 132 valence electrons. The van der Waals surface area contributed by atoms with Gasteiger partial charge in [0.1, 0.15) is 0 Å². The fourth-order valence-electron chi connectivity index (χ4n) is 2.92. The Hall–Kier alpha value is -3.13. The molecule has 0 saturated carbocycles. The van der Waals surface area contributed by atoms with E-state index in [-0.39, 0.29) is 40.2 Å². The molecule has 2 aromatic carbocycles. The molecule has 0 amide bonds. The van der Waals surface area contributed by atoms with Crippen molar-refractivity contribution in [1.82, 2.24) is 14.5 Å². The van der Waals surface area contributed by atoms with Crippen LogP contribution in [0.15, 0.2) is 63.9 Å². The molecule has 0 aliphatic carbocycles. The number of sulfonamides is 1. The van der Waals surface area contributed by atoms with Gasteiger partial charge in [0, 0.05) is 17.7 Å². The predicted octanol–water partition coefficient (Wildman–Crippen LogP) is 3.14. The number of aliphatic hydroxyl groups is 1. The molecule has 0 unspecified atom stereocenters. The van der Waals surface area contributed by atoms with Crippen molar-refractivity contribution in [2.24, 2.45) is 0 Å². The number of fused-ring (bicyclic) bond motifs is 1. The van der Waals surface area contributed by atoms with Crippen LogP contribution in [0.5, 0.6) is 0 Å². The van der Waals surface area contributed by atoms with Gasteiger partial charge in [-0.1, -0.05) is 30.3 Å². The second kappa shape index (κ2) is 5.99. The molecular weight excluding hydrogens is 354 g/mol. The van der Waals surface area contributed by atoms with Crippen LogP contribution in [-0.4, -0.2) is 34.6 Å². The Morgan fingerprint density at radius 2 is 1.65 bits per heavy atom. The number of aromatic nitrogens is 2. The second-order valence-electron chi connectivity index (χ2n) is 5.64. The van der Waals surface area contributed by atoms with E-state index in [0.29, 0.717) is 5.56 Å². The van der Waals surface area contributed by atoms with Crippen LogP contribution in [0.1, 0.15) is 18.4 Å². The van der Waals surface area contributed by atoms with Gasteiger partial charge in [-0.3, -0.25) is 4.31 Å². The minimum atomic E-state index is -3.83. The molecule has 1 N–H and O–H groups in total. The average Bonchev–Trinajstić information content (AvgIpc) is 3.15. The topological polar surface area (TPSA) is 96.5 Å². The van der Waals surface area contributed by atoms with Crippen molar-refractivity contribution in [2.45, 2.75) is 11.8 Å². The van der Waals surface area contributed by atoms with Crippen molar-refractivity contribution in [2.75, 3.05) is 6.54 Å². The zero-order valence-electron chi connectivity index (χ0n) is 13.8. The number of nitrogens with zero attached hydrogens (tertiary/aromatic N) is 3. The van der Waals surface area contributed by atoms with Gasteiger partial charge in [0.15, 0.2) is 11.5 Å². The van der Waals surface area contributed by atoms with Gasteiger partial charge in [0.25, 0.3) is 15.9 Å². The van der Waals surface area contributed by atoms with E-state index >= 15 is 0 Å². The standard InChI is InChI=1S/C18H15N3O4S/c1-2-21-15(16(22)13-10-6-7-11-14(13)26(21,23)24)18-20-19-17(25-18)12-8-4-3-5-9-12/h3-11,22H,2H2,1H3. The summed E-state index contributed by atoms with van der Waals surface area (Å²) in [7, 11) is -3.83. The zero-order valence-corrected chi connectivity index (χ0v) is 14.6. The lowest BCUT2D eigenvalue weighted by Gasteiger charge is -2.29. The summed E-state index contributed by atoms with van der Waals surface area (Å²) in [4.78, 5) is 0.0471. The molecule has 0 atom stereocenters. The highest BCUT2D eigenvalue weighted by Crippen LogP contribution is 2.39. The largest absolute Gasteiger partial charge is 0.505 e. The summed E-state index contributed by atoms with van der Waals surface area (Å²) >= 11 is 0. The summed E-state index contributed by atoms with van der Waals surface area (Å²) in [6, 6.07) is 15.4. The maximum Gasteiger partial charge on any atom is 0.269 e. The van der Waals surface area contributed by atoms with Crippen LogP contribution >= 0.6 is 0 Å². The number of hydrogen-bond acceptors (Lipinski definition) is 6. The smallest absolute Gasteiger partial charge is 0.269 e. The van der Waals surface area contributed by atoms with E-state index in [1.807, 2.05) is 18.2 Å². The van der Waals surface area contributed by atoms with E-state index in [4.69, 9.17) is 4.42 Å². The van der Waals surface area contributed by atoms with Gasteiger partial charge in [-0.25, -0.2) is 8.42 Å². The Morgan fingerprint density at radius 1 is 1.00 bits per heavy atom. The Kier molecular flexibility index (Phi) is 3.77. The Balaban J connectivity index is 1.92.